The van der Waals surface area contributed by atoms with Crippen molar-refractivity contribution in [2.24, 2.45) is 0 Å². The number of phenolic OH excluding ortho intramolecular Hbond substituents is 1. The number of aromatic hydroxyl groups is 1. The molecule has 12 heteroatoms. The number of hydrogen-bond donors (Lipinski definition) is 3. The third-order valence-electron chi connectivity index (χ3n) is 6.86. The van der Waals surface area contributed by atoms with Gasteiger partial charge in [0.05, 0.1) is 27.0 Å². The van der Waals surface area contributed by atoms with Gasteiger partial charge in [0.1, 0.15) is 5.75 Å². The minimum atomic E-state index is -4.58. The molecule has 1 saturated carbocycles. The zero-order valence-corrected chi connectivity index (χ0v) is 22.8. The molecule has 0 aliphatic heterocycles. The van der Waals surface area contributed by atoms with Crippen molar-refractivity contribution >= 4 is 40.8 Å². The van der Waals surface area contributed by atoms with Crippen LogP contribution in [0.3, 0.4) is 0 Å². The number of amides is 2. The van der Waals surface area contributed by atoms with Crippen molar-refractivity contribution in [1.29, 1.82) is 0 Å². The van der Waals surface area contributed by atoms with Crippen molar-refractivity contribution < 1.29 is 27.9 Å². The summed E-state index contributed by atoms with van der Waals surface area (Å²) in [6.07, 6.45) is -1.75. The van der Waals surface area contributed by atoms with E-state index < -0.39 is 23.7 Å². The molecular formula is C29H23Cl2F3N4O3. The lowest BCUT2D eigenvalue weighted by Crippen LogP contribution is -2.31. The Morgan fingerprint density at radius 2 is 1.78 bits per heavy atom. The fourth-order valence-corrected chi connectivity index (χ4v) is 4.77. The van der Waals surface area contributed by atoms with Crippen LogP contribution >= 0.6 is 23.2 Å². The van der Waals surface area contributed by atoms with Crippen LogP contribution in [0.1, 0.15) is 52.4 Å². The molecule has 0 saturated heterocycles. The molecule has 1 aromatic heterocycles. The summed E-state index contributed by atoms with van der Waals surface area (Å²) in [5.74, 6) is -0.855. The summed E-state index contributed by atoms with van der Waals surface area (Å²) < 4.78 is 40.3. The summed E-state index contributed by atoms with van der Waals surface area (Å²) in [7, 11) is 0. The number of nitrogens with one attached hydrogen (secondary N) is 2. The number of halogens is 5. The molecule has 3 aromatic carbocycles. The molecule has 4 aromatic rings. The number of carbonyl (C=O) groups is 2. The molecule has 0 spiro atoms. The molecule has 41 heavy (non-hydrogen) atoms. The normalized spacial score (nSPS) is 13.5. The Bertz CT molecular complexity index is 1630. The molecule has 1 heterocycles. The van der Waals surface area contributed by atoms with Gasteiger partial charge in [0, 0.05) is 35.3 Å². The Labute approximate surface area is 242 Å². The van der Waals surface area contributed by atoms with E-state index in [0.717, 1.165) is 43.0 Å². The molecular weight excluding hydrogens is 580 g/mol. The van der Waals surface area contributed by atoms with Gasteiger partial charge in [-0.3, -0.25) is 4.79 Å². The van der Waals surface area contributed by atoms with Gasteiger partial charge in [0.2, 0.25) is 0 Å². The van der Waals surface area contributed by atoms with Crippen LogP contribution in [0.25, 0.3) is 11.3 Å². The molecule has 0 unspecified atom stereocenters. The van der Waals surface area contributed by atoms with Crippen molar-refractivity contribution in [3.05, 3.63) is 99.2 Å². The first-order valence-corrected chi connectivity index (χ1v) is 13.4. The van der Waals surface area contributed by atoms with Gasteiger partial charge in [-0.25, -0.2) is 4.79 Å². The van der Waals surface area contributed by atoms with E-state index in [1.54, 1.807) is 24.3 Å². The Balaban J connectivity index is 1.34. The second kappa shape index (κ2) is 11.5. The topological polar surface area (TPSA) is 96.3 Å². The van der Waals surface area contributed by atoms with Crippen LogP contribution in [-0.4, -0.2) is 26.8 Å². The average molecular weight is 603 g/mol. The summed E-state index contributed by atoms with van der Waals surface area (Å²) in [6.45, 7) is 0.195. The van der Waals surface area contributed by atoms with Crippen LogP contribution in [0.5, 0.6) is 5.75 Å². The minimum Gasteiger partial charge on any atom is -0.507 e. The standard InChI is InChI=1S/C29H23Cl2F3N4O3/c30-22-10-7-16(11-23(22)31)15-35-28(41)38-25(17-3-1-4-17)14-24(37-38)21-9-8-20(13-26(21)39)36-27(40)18-5-2-6-19(12-18)29(32,33)34/h2,5-14,17,39H,1,3-4,15H2,(H,35,41)(H,36,40). The smallest absolute Gasteiger partial charge is 0.416 e. The largest absolute Gasteiger partial charge is 0.507 e. The molecule has 0 atom stereocenters. The van der Waals surface area contributed by atoms with Gasteiger partial charge in [-0.15, -0.1) is 0 Å². The number of nitrogens with zero attached hydrogens (tertiary/aromatic N) is 2. The summed E-state index contributed by atoms with van der Waals surface area (Å²) >= 11 is 12.0. The van der Waals surface area contributed by atoms with Crippen molar-refractivity contribution in [2.45, 2.75) is 37.9 Å². The van der Waals surface area contributed by atoms with Gasteiger partial charge in [-0.05, 0) is 66.9 Å². The van der Waals surface area contributed by atoms with Crippen LogP contribution in [-0.2, 0) is 12.7 Å². The van der Waals surface area contributed by atoms with E-state index in [9.17, 15) is 27.9 Å². The van der Waals surface area contributed by atoms with Crippen molar-refractivity contribution in [3.8, 4) is 17.0 Å². The summed E-state index contributed by atoms with van der Waals surface area (Å²) in [5.41, 5.74) is 1.18. The van der Waals surface area contributed by atoms with E-state index in [2.05, 4.69) is 15.7 Å². The molecule has 1 aliphatic rings. The molecule has 1 fully saturated rings. The molecule has 212 valence electrons. The minimum absolute atomic E-state index is 0.139. The third kappa shape index (κ3) is 6.34. The SMILES string of the molecule is O=C(Nc1ccc(-c2cc(C3CCC3)n(C(=O)NCc3ccc(Cl)c(Cl)c3)n2)c(O)c1)c1cccc(C(F)(F)F)c1. The predicted octanol–water partition coefficient (Wildman–Crippen LogP) is 7.86. The number of benzene rings is 3. The highest BCUT2D eigenvalue weighted by molar-refractivity contribution is 6.42. The molecule has 2 amide bonds. The highest BCUT2D eigenvalue weighted by Crippen LogP contribution is 2.39. The Kier molecular flexibility index (Phi) is 7.97. The molecule has 3 N–H and O–H groups in total. The first-order chi connectivity index (χ1) is 19.5. The third-order valence-corrected chi connectivity index (χ3v) is 7.60. The van der Waals surface area contributed by atoms with Crippen LogP contribution < -0.4 is 10.6 Å². The molecule has 7 nitrogen and oxygen atoms in total. The molecule has 0 radical (unpaired) electrons. The number of carbonyl (C=O) groups excluding carboxylic acids is 2. The molecule has 1 aliphatic carbocycles. The second-order valence-corrected chi connectivity index (χ2v) is 10.5. The van der Waals surface area contributed by atoms with Gasteiger partial charge in [0.15, 0.2) is 0 Å². The Morgan fingerprint density at radius 1 is 1.00 bits per heavy atom. The first kappa shape index (κ1) is 28.5. The number of hydrogen-bond acceptors (Lipinski definition) is 4. The summed E-state index contributed by atoms with van der Waals surface area (Å²) in [5, 5.41) is 21.3. The van der Waals surface area contributed by atoms with E-state index in [1.165, 1.54) is 28.9 Å². The van der Waals surface area contributed by atoms with Crippen LogP contribution in [0, 0.1) is 0 Å². The molecule has 5 rings (SSSR count). The van der Waals surface area contributed by atoms with Gasteiger partial charge < -0.3 is 15.7 Å². The van der Waals surface area contributed by atoms with Gasteiger partial charge >= 0.3 is 12.2 Å². The summed E-state index contributed by atoms with van der Waals surface area (Å²) in [4.78, 5) is 25.7. The second-order valence-electron chi connectivity index (χ2n) is 9.67. The fraction of sp³-hybridized carbons (Fsp3) is 0.207. The maximum atomic E-state index is 13.1. The lowest BCUT2D eigenvalue weighted by atomic mass is 9.82. The molecule has 0 bridgehead atoms. The monoisotopic (exact) mass is 602 g/mol. The summed E-state index contributed by atoms with van der Waals surface area (Å²) in [6, 6.07) is 14.7. The predicted molar refractivity (Wildman–Crippen MR) is 149 cm³/mol. The van der Waals surface area contributed by atoms with E-state index in [1.807, 2.05) is 0 Å². The Morgan fingerprint density at radius 3 is 2.44 bits per heavy atom. The van der Waals surface area contributed by atoms with E-state index in [0.29, 0.717) is 27.0 Å². The zero-order valence-electron chi connectivity index (χ0n) is 21.3. The number of rotatable bonds is 6. The van der Waals surface area contributed by atoms with Gasteiger partial charge in [-0.1, -0.05) is 41.8 Å². The lowest BCUT2D eigenvalue weighted by molar-refractivity contribution is -0.137. The van der Waals surface area contributed by atoms with Crippen molar-refractivity contribution in [3.63, 3.8) is 0 Å². The quantitative estimate of drug-likeness (QED) is 0.209. The van der Waals surface area contributed by atoms with Gasteiger partial charge in [0.25, 0.3) is 5.91 Å². The highest BCUT2D eigenvalue weighted by atomic mass is 35.5. The highest BCUT2D eigenvalue weighted by Gasteiger charge is 2.31. The van der Waals surface area contributed by atoms with Crippen LogP contribution in [0.2, 0.25) is 10.0 Å². The van der Waals surface area contributed by atoms with E-state index >= 15 is 0 Å². The number of alkyl halides is 3. The maximum absolute atomic E-state index is 13.1. The van der Waals surface area contributed by atoms with Crippen LogP contribution in [0.15, 0.2) is 66.7 Å². The van der Waals surface area contributed by atoms with Crippen molar-refractivity contribution in [1.82, 2.24) is 15.1 Å². The average Bonchev–Trinajstić information content (AvgIpc) is 3.32. The number of aromatic nitrogens is 2. The zero-order chi connectivity index (χ0) is 29.3. The van der Waals surface area contributed by atoms with E-state index in [4.69, 9.17) is 23.2 Å². The Hall–Kier alpha value is -4.02. The van der Waals surface area contributed by atoms with E-state index in [-0.39, 0.29) is 29.5 Å². The number of anilines is 1. The van der Waals surface area contributed by atoms with Gasteiger partial charge in [-0.2, -0.15) is 23.0 Å². The first-order valence-electron chi connectivity index (χ1n) is 12.6. The maximum Gasteiger partial charge on any atom is 0.416 e. The fourth-order valence-electron chi connectivity index (χ4n) is 4.45. The van der Waals surface area contributed by atoms with Crippen molar-refractivity contribution in [2.75, 3.05) is 5.32 Å². The number of phenols is 1. The van der Waals surface area contributed by atoms with Crippen LogP contribution in [0.4, 0.5) is 23.7 Å². The lowest BCUT2D eigenvalue weighted by Gasteiger charge is -2.25.